The highest BCUT2D eigenvalue weighted by atomic mass is 16.2. The number of amides is 1. The largest absolute Gasteiger partial charge is 0.348 e. The van der Waals surface area contributed by atoms with Crippen molar-refractivity contribution in [3.63, 3.8) is 0 Å². The molecule has 6 heteroatoms. The molecule has 0 fully saturated rings. The lowest BCUT2D eigenvalue weighted by molar-refractivity contribution is -0.121. The summed E-state index contributed by atoms with van der Waals surface area (Å²) in [6.07, 6.45) is 3.63. The molecule has 0 aliphatic carbocycles. The van der Waals surface area contributed by atoms with Crippen LogP contribution in [0.3, 0.4) is 0 Å². The van der Waals surface area contributed by atoms with E-state index in [4.69, 9.17) is 5.73 Å². The van der Waals surface area contributed by atoms with Crippen molar-refractivity contribution in [3.05, 3.63) is 48.5 Å². The van der Waals surface area contributed by atoms with Crippen LogP contribution in [-0.2, 0) is 11.2 Å². The molecule has 2 aromatic rings. The molecule has 6 nitrogen and oxygen atoms in total. The maximum Gasteiger partial charge on any atom is 0.255 e. The van der Waals surface area contributed by atoms with Gasteiger partial charge >= 0.3 is 0 Å². The van der Waals surface area contributed by atoms with E-state index in [-0.39, 0.29) is 5.91 Å². The van der Waals surface area contributed by atoms with Gasteiger partial charge in [0.05, 0.1) is 18.1 Å². The Bertz CT molecular complexity index is 482. The lowest BCUT2D eigenvalue weighted by Crippen LogP contribution is -2.44. The zero-order valence-electron chi connectivity index (χ0n) is 9.76. The number of para-hydroxylation sites is 1. The molecule has 1 atom stereocenters. The number of imidazole rings is 1. The number of hydrazine groups is 1. The van der Waals surface area contributed by atoms with Gasteiger partial charge in [-0.25, -0.2) is 4.98 Å². The van der Waals surface area contributed by atoms with E-state index >= 15 is 0 Å². The summed E-state index contributed by atoms with van der Waals surface area (Å²) < 4.78 is 0. The minimum atomic E-state index is -0.623. The van der Waals surface area contributed by atoms with Crippen molar-refractivity contribution in [2.45, 2.75) is 12.5 Å². The van der Waals surface area contributed by atoms with Crippen molar-refractivity contribution in [1.82, 2.24) is 15.4 Å². The number of nitrogens with zero attached hydrogens (tertiary/aromatic N) is 1. The van der Waals surface area contributed by atoms with Crippen LogP contribution in [0.5, 0.6) is 0 Å². The molecule has 5 N–H and O–H groups in total. The number of aromatic amines is 1. The number of nitrogens with two attached hydrogens (primary N) is 1. The van der Waals surface area contributed by atoms with Crippen LogP contribution < -0.4 is 16.6 Å². The predicted molar refractivity (Wildman–Crippen MR) is 68.5 cm³/mol. The van der Waals surface area contributed by atoms with Crippen molar-refractivity contribution in [2.75, 3.05) is 5.43 Å². The van der Waals surface area contributed by atoms with Gasteiger partial charge in [-0.15, -0.1) is 0 Å². The highest BCUT2D eigenvalue weighted by Gasteiger charge is 2.14. The molecule has 1 aromatic heterocycles. The van der Waals surface area contributed by atoms with Crippen LogP contribution in [0.1, 0.15) is 5.69 Å². The number of carbonyl (C=O) groups is 1. The molecule has 2 rings (SSSR count). The highest BCUT2D eigenvalue weighted by Crippen LogP contribution is 2.03. The molecule has 0 bridgehead atoms. The summed E-state index contributed by atoms with van der Waals surface area (Å²) in [5.74, 6) is -0.270. The van der Waals surface area contributed by atoms with Gasteiger partial charge in [-0.3, -0.25) is 15.6 Å². The molecule has 0 saturated heterocycles. The zero-order chi connectivity index (χ0) is 12.8. The normalized spacial score (nSPS) is 11.8. The van der Waals surface area contributed by atoms with Gasteiger partial charge in [0.25, 0.3) is 5.91 Å². The van der Waals surface area contributed by atoms with Crippen LogP contribution in [0.25, 0.3) is 0 Å². The second-order valence-corrected chi connectivity index (χ2v) is 3.87. The van der Waals surface area contributed by atoms with E-state index in [1.54, 1.807) is 12.5 Å². The molecule has 1 aromatic carbocycles. The van der Waals surface area contributed by atoms with Crippen LogP contribution >= 0.6 is 0 Å². The predicted octanol–water partition coefficient (Wildman–Crippen LogP) is 0.423. The maximum absolute atomic E-state index is 11.7. The molecule has 0 spiro atoms. The van der Waals surface area contributed by atoms with Gasteiger partial charge in [0.15, 0.2) is 0 Å². The Balaban J connectivity index is 1.81. The number of H-pyrrole nitrogens is 1. The van der Waals surface area contributed by atoms with Crippen molar-refractivity contribution >= 4 is 11.6 Å². The van der Waals surface area contributed by atoms with Crippen LogP contribution in [0, 0.1) is 0 Å². The zero-order valence-corrected chi connectivity index (χ0v) is 9.76. The first-order chi connectivity index (χ1) is 8.75. The van der Waals surface area contributed by atoms with E-state index in [1.807, 2.05) is 30.3 Å². The molecular weight excluding hydrogens is 230 g/mol. The first-order valence-electron chi connectivity index (χ1n) is 5.59. The minimum absolute atomic E-state index is 0.270. The third kappa shape index (κ3) is 3.33. The second-order valence-electron chi connectivity index (χ2n) is 3.87. The van der Waals surface area contributed by atoms with Gasteiger partial charge < -0.3 is 10.7 Å². The Hall–Kier alpha value is -2.34. The number of aromatic nitrogens is 2. The SMILES string of the molecule is N[C@@H](Cc1cnc[nH]1)C(=O)NNc1ccccc1. The number of nitrogens with one attached hydrogen (secondary N) is 3. The maximum atomic E-state index is 11.7. The van der Waals surface area contributed by atoms with Gasteiger partial charge in [-0.05, 0) is 12.1 Å². The van der Waals surface area contributed by atoms with E-state index in [2.05, 4.69) is 20.8 Å². The fourth-order valence-corrected chi connectivity index (χ4v) is 1.47. The van der Waals surface area contributed by atoms with E-state index in [9.17, 15) is 4.79 Å². The minimum Gasteiger partial charge on any atom is -0.348 e. The van der Waals surface area contributed by atoms with Crippen molar-refractivity contribution in [1.29, 1.82) is 0 Å². The quantitative estimate of drug-likeness (QED) is 0.574. The number of carbonyl (C=O) groups excluding carboxylic acids is 1. The summed E-state index contributed by atoms with van der Waals surface area (Å²) >= 11 is 0. The molecule has 94 valence electrons. The molecule has 18 heavy (non-hydrogen) atoms. The molecular formula is C12H15N5O. The topological polar surface area (TPSA) is 95.8 Å². The Morgan fingerprint density at radius 2 is 2.17 bits per heavy atom. The van der Waals surface area contributed by atoms with Gasteiger partial charge in [-0.2, -0.15) is 0 Å². The molecule has 1 heterocycles. The third-order valence-electron chi connectivity index (χ3n) is 2.44. The summed E-state index contributed by atoms with van der Waals surface area (Å²) in [5, 5.41) is 0. The Kier molecular flexibility index (Phi) is 3.93. The van der Waals surface area contributed by atoms with E-state index in [0.29, 0.717) is 6.42 Å². The molecule has 1 amide bonds. The monoisotopic (exact) mass is 245 g/mol. The molecule has 0 radical (unpaired) electrons. The average molecular weight is 245 g/mol. The molecule has 0 aliphatic rings. The van der Waals surface area contributed by atoms with Crippen molar-refractivity contribution in [2.24, 2.45) is 5.73 Å². The van der Waals surface area contributed by atoms with E-state index < -0.39 is 6.04 Å². The van der Waals surface area contributed by atoms with Gasteiger partial charge in [0.1, 0.15) is 0 Å². The lowest BCUT2D eigenvalue weighted by Gasteiger charge is -2.12. The van der Waals surface area contributed by atoms with Crippen LogP contribution in [0.4, 0.5) is 5.69 Å². The standard InChI is InChI=1S/C12H15N5O/c13-11(6-10-7-14-8-15-10)12(18)17-16-9-4-2-1-3-5-9/h1-5,7-8,11,16H,6,13H2,(H,14,15)(H,17,18)/t11-/m0/s1. The smallest absolute Gasteiger partial charge is 0.255 e. The fourth-order valence-electron chi connectivity index (χ4n) is 1.47. The summed E-state index contributed by atoms with van der Waals surface area (Å²) in [5.41, 5.74) is 12.8. The number of benzene rings is 1. The van der Waals surface area contributed by atoms with Crippen LogP contribution in [0.15, 0.2) is 42.9 Å². The molecule has 0 aliphatic heterocycles. The Morgan fingerprint density at radius 1 is 1.39 bits per heavy atom. The average Bonchev–Trinajstić information content (AvgIpc) is 2.90. The van der Waals surface area contributed by atoms with E-state index in [0.717, 1.165) is 11.4 Å². The molecule has 0 saturated carbocycles. The first kappa shape index (κ1) is 12.1. The first-order valence-corrected chi connectivity index (χ1v) is 5.59. The fraction of sp³-hybridized carbons (Fsp3) is 0.167. The van der Waals surface area contributed by atoms with Gasteiger partial charge in [0.2, 0.25) is 0 Å². The number of hydrogen-bond donors (Lipinski definition) is 4. The number of hydrogen-bond acceptors (Lipinski definition) is 4. The highest BCUT2D eigenvalue weighted by molar-refractivity contribution is 5.82. The van der Waals surface area contributed by atoms with Gasteiger partial charge in [0, 0.05) is 18.3 Å². The van der Waals surface area contributed by atoms with Crippen molar-refractivity contribution < 1.29 is 4.79 Å². The summed E-state index contributed by atoms with van der Waals surface area (Å²) in [6, 6.07) is 8.72. The second kappa shape index (κ2) is 5.83. The van der Waals surface area contributed by atoms with Gasteiger partial charge in [-0.1, -0.05) is 18.2 Å². The Labute approximate surface area is 105 Å². The lowest BCUT2D eigenvalue weighted by atomic mass is 10.2. The summed E-state index contributed by atoms with van der Waals surface area (Å²) in [6.45, 7) is 0. The summed E-state index contributed by atoms with van der Waals surface area (Å²) in [7, 11) is 0. The van der Waals surface area contributed by atoms with Crippen molar-refractivity contribution in [3.8, 4) is 0 Å². The summed E-state index contributed by atoms with van der Waals surface area (Å²) in [4.78, 5) is 18.5. The Morgan fingerprint density at radius 3 is 2.83 bits per heavy atom. The van der Waals surface area contributed by atoms with Crippen LogP contribution in [0.2, 0.25) is 0 Å². The van der Waals surface area contributed by atoms with E-state index in [1.165, 1.54) is 0 Å². The van der Waals surface area contributed by atoms with Crippen LogP contribution in [-0.4, -0.2) is 21.9 Å². The molecule has 0 unspecified atom stereocenters. The number of rotatable bonds is 5. The third-order valence-corrected chi connectivity index (χ3v) is 2.44. The number of anilines is 1.